The van der Waals surface area contributed by atoms with Crippen molar-refractivity contribution in [1.29, 1.82) is 0 Å². The number of hydrogen-bond donors (Lipinski definition) is 1. The van der Waals surface area contributed by atoms with E-state index in [2.05, 4.69) is 174 Å². The van der Waals surface area contributed by atoms with Gasteiger partial charge in [-0.1, -0.05) is 164 Å². The van der Waals surface area contributed by atoms with Crippen LogP contribution in [0.1, 0.15) is 29.0 Å². The van der Waals surface area contributed by atoms with Gasteiger partial charge in [0.1, 0.15) is 17.0 Å². The quantitative estimate of drug-likeness (QED) is 0.170. The van der Waals surface area contributed by atoms with Crippen LogP contribution < -0.4 is 10.2 Å². The molecule has 0 saturated heterocycles. The molecule has 1 aliphatic rings. The second-order valence-corrected chi connectivity index (χ2v) is 14.0. The number of amidine groups is 1. The van der Waals surface area contributed by atoms with E-state index in [1.807, 2.05) is 42.5 Å². The molecule has 8 aromatic carbocycles. The fourth-order valence-electron chi connectivity index (χ4n) is 7.75. The molecule has 0 bridgehead atoms. The predicted octanol–water partition coefficient (Wildman–Crippen LogP) is 13.5. The van der Waals surface area contributed by atoms with E-state index in [-0.39, 0.29) is 6.17 Å². The van der Waals surface area contributed by atoms with Crippen molar-refractivity contribution in [2.45, 2.75) is 12.3 Å². The Hall–Kier alpha value is -7.21. The van der Waals surface area contributed by atoms with Gasteiger partial charge in [0.05, 0.1) is 0 Å². The van der Waals surface area contributed by atoms with Crippen molar-refractivity contribution < 1.29 is 4.42 Å². The van der Waals surface area contributed by atoms with Crippen molar-refractivity contribution in [3.8, 4) is 22.3 Å². The van der Waals surface area contributed by atoms with Crippen molar-refractivity contribution in [3.63, 3.8) is 0 Å². The van der Waals surface area contributed by atoms with Gasteiger partial charge in [-0.25, -0.2) is 0 Å². The molecule has 5 heteroatoms. The van der Waals surface area contributed by atoms with E-state index in [0.717, 1.165) is 72.7 Å². The lowest BCUT2D eigenvalue weighted by atomic mass is 9.96. The van der Waals surface area contributed by atoms with Crippen LogP contribution in [0, 0.1) is 0 Å². The number of rotatable bonds is 8. The highest BCUT2D eigenvalue weighted by Gasteiger charge is 2.23. The van der Waals surface area contributed by atoms with E-state index in [1.54, 1.807) is 0 Å². The lowest BCUT2D eigenvalue weighted by Gasteiger charge is -2.44. The Morgan fingerprint density at radius 1 is 0.482 bits per heavy atom. The van der Waals surface area contributed by atoms with Crippen LogP contribution in [-0.2, 0) is 0 Å². The third-order valence-corrected chi connectivity index (χ3v) is 10.5. The summed E-state index contributed by atoms with van der Waals surface area (Å²) < 4.78 is 6.74. The third kappa shape index (κ3) is 6.30. The molecule has 0 spiro atoms. The summed E-state index contributed by atoms with van der Waals surface area (Å²) in [4.78, 5) is 7.53. The zero-order chi connectivity index (χ0) is 37.3. The minimum Gasteiger partial charge on any atom is -0.613 e. The van der Waals surface area contributed by atoms with Crippen LogP contribution in [-0.4, -0.2) is 5.84 Å². The smallest absolute Gasteiger partial charge is 0.143 e. The van der Waals surface area contributed by atoms with Gasteiger partial charge in [-0.05, 0) is 82.6 Å². The Bertz CT molecular complexity index is 2780. The molecule has 5 nitrogen and oxygen atoms in total. The maximum Gasteiger partial charge on any atom is 0.143 e. The van der Waals surface area contributed by atoms with Gasteiger partial charge in [0.15, 0.2) is 0 Å². The van der Waals surface area contributed by atoms with Gasteiger partial charge < -0.3 is 20.0 Å². The monoisotopic (exact) mass is 721 g/mol. The summed E-state index contributed by atoms with van der Waals surface area (Å²) in [6.07, 6.45) is -0.722. The molecule has 0 fully saturated rings. The summed E-state index contributed by atoms with van der Waals surface area (Å²) in [5, 5.41) is 11.0. The zero-order valence-corrected chi connectivity index (χ0v) is 30.5. The molecular weight excluding hydrogens is 685 g/mol. The summed E-state index contributed by atoms with van der Waals surface area (Å²) in [5.74, 6) is 0.817. The van der Waals surface area contributed by atoms with Crippen molar-refractivity contribution >= 4 is 44.8 Å². The molecule has 1 aromatic heterocycles. The highest BCUT2D eigenvalue weighted by Crippen LogP contribution is 2.45. The van der Waals surface area contributed by atoms with Crippen molar-refractivity contribution in [3.05, 3.63) is 228 Å². The molecule has 10 rings (SSSR count). The van der Waals surface area contributed by atoms with Crippen LogP contribution in [0.2, 0.25) is 0 Å². The average Bonchev–Trinajstić information content (AvgIpc) is 3.68. The molecular formula is C51H37N4O-. The first kappa shape index (κ1) is 33.4. The van der Waals surface area contributed by atoms with Crippen LogP contribution in [0.3, 0.4) is 0 Å². The van der Waals surface area contributed by atoms with Gasteiger partial charge in [0, 0.05) is 39.0 Å². The molecule has 2 unspecified atom stereocenters. The Balaban J connectivity index is 1.06. The van der Waals surface area contributed by atoms with Crippen LogP contribution in [0.15, 0.2) is 216 Å². The highest BCUT2D eigenvalue weighted by atomic mass is 16.3. The molecule has 1 N–H and O–H groups in total. The Morgan fingerprint density at radius 3 is 1.70 bits per heavy atom. The van der Waals surface area contributed by atoms with Crippen molar-refractivity contribution in [1.82, 2.24) is 5.32 Å². The molecule has 0 radical (unpaired) electrons. The number of anilines is 3. The topological polar surface area (TPSA) is 54.9 Å². The lowest BCUT2D eigenvalue weighted by Crippen LogP contribution is -2.34. The van der Waals surface area contributed by atoms with Crippen LogP contribution in [0.4, 0.5) is 17.1 Å². The molecule has 0 aliphatic carbocycles. The molecule has 1 aliphatic heterocycles. The average molecular weight is 722 g/mol. The number of hydrogen-bond acceptors (Lipinski definition) is 4. The van der Waals surface area contributed by atoms with E-state index in [1.165, 1.54) is 11.1 Å². The van der Waals surface area contributed by atoms with Crippen LogP contribution in [0.5, 0.6) is 0 Å². The molecule has 9 aromatic rings. The minimum absolute atomic E-state index is 0.267. The van der Waals surface area contributed by atoms with Gasteiger partial charge in [0.2, 0.25) is 0 Å². The number of aliphatic imine (C=N–C) groups is 1. The second kappa shape index (κ2) is 14.6. The Labute approximate surface area is 326 Å². The summed E-state index contributed by atoms with van der Waals surface area (Å²) in [6.45, 7) is 0. The molecule has 2 atom stereocenters. The lowest BCUT2D eigenvalue weighted by molar-refractivity contribution is 0.632. The van der Waals surface area contributed by atoms with Gasteiger partial charge in [-0.2, -0.15) is 0 Å². The Kier molecular flexibility index (Phi) is 8.67. The first-order chi connectivity index (χ1) is 27.8. The van der Waals surface area contributed by atoms with Gasteiger partial charge >= 0.3 is 0 Å². The SMILES string of the molecule is c1ccc(C2=NC(c3ccc(-c4ccc(N(c5ccccc5)c5ccc(-c6ccccc6)cc5)cc4)c4oc5ccccc5c34)[N-]C(c3ccccc3)N2)cc1. The summed E-state index contributed by atoms with van der Waals surface area (Å²) in [5.41, 5.74) is 12.5. The standard InChI is InChI=1S/C51H37N4O/c1-5-15-35(16-6-1)36-25-29-41(30-26-36)55(40-21-11-4-12-22-40)42-31-27-37(28-32-42)43-33-34-45(47-44-23-13-14-24-46(44)56-48(43)47)51-53-49(38-17-7-2-8-18-38)52-50(54-51)39-19-9-3-10-20-39/h1-34,49,51H,(H,52,54)/q-1. The van der Waals surface area contributed by atoms with E-state index in [4.69, 9.17) is 14.7 Å². The van der Waals surface area contributed by atoms with Crippen LogP contribution in [0.25, 0.3) is 49.5 Å². The van der Waals surface area contributed by atoms with Gasteiger partial charge in [-0.15, -0.1) is 0 Å². The van der Waals surface area contributed by atoms with Gasteiger partial charge in [0.25, 0.3) is 0 Å². The summed E-state index contributed by atoms with van der Waals surface area (Å²) in [6, 6.07) is 71.8. The first-order valence-corrected chi connectivity index (χ1v) is 19.0. The second-order valence-electron chi connectivity index (χ2n) is 14.0. The summed E-state index contributed by atoms with van der Waals surface area (Å²) in [7, 11) is 0. The van der Waals surface area contributed by atoms with E-state index >= 15 is 0 Å². The number of benzene rings is 8. The molecule has 0 amide bonds. The first-order valence-electron chi connectivity index (χ1n) is 19.0. The zero-order valence-electron chi connectivity index (χ0n) is 30.5. The molecule has 56 heavy (non-hydrogen) atoms. The van der Waals surface area contributed by atoms with E-state index in [0.29, 0.717) is 0 Å². The van der Waals surface area contributed by atoms with Gasteiger partial charge in [-0.3, -0.25) is 4.99 Å². The van der Waals surface area contributed by atoms with Crippen molar-refractivity contribution in [2.75, 3.05) is 4.90 Å². The van der Waals surface area contributed by atoms with E-state index < -0.39 is 6.17 Å². The summed E-state index contributed by atoms with van der Waals surface area (Å²) >= 11 is 0. The highest BCUT2D eigenvalue weighted by molar-refractivity contribution is 6.12. The fraction of sp³-hybridized carbons (Fsp3) is 0.0392. The molecule has 268 valence electrons. The Morgan fingerprint density at radius 2 is 1.02 bits per heavy atom. The molecule has 0 saturated carbocycles. The van der Waals surface area contributed by atoms with Crippen molar-refractivity contribution in [2.24, 2.45) is 4.99 Å². The predicted molar refractivity (Wildman–Crippen MR) is 231 cm³/mol. The normalized spacial score (nSPS) is 15.3. The number of nitrogens with one attached hydrogen (secondary N) is 1. The maximum absolute atomic E-state index is 6.74. The number of para-hydroxylation sites is 2. The van der Waals surface area contributed by atoms with E-state index in [9.17, 15) is 0 Å². The van der Waals surface area contributed by atoms with Crippen LogP contribution >= 0.6 is 0 Å². The third-order valence-electron chi connectivity index (χ3n) is 10.5. The number of fused-ring (bicyclic) bond motifs is 3. The number of furan rings is 1. The number of nitrogens with zero attached hydrogens (tertiary/aromatic N) is 3. The maximum atomic E-state index is 6.74. The minimum atomic E-state index is -0.454. The molecule has 2 heterocycles. The fourth-order valence-corrected chi connectivity index (χ4v) is 7.75. The largest absolute Gasteiger partial charge is 0.613 e.